The Morgan fingerprint density at radius 2 is 1.89 bits per heavy atom. The fourth-order valence-corrected chi connectivity index (χ4v) is 6.23. The van der Waals surface area contributed by atoms with Crippen molar-refractivity contribution in [3.05, 3.63) is 42.0 Å². The molecule has 0 aromatic heterocycles. The summed E-state index contributed by atoms with van der Waals surface area (Å²) in [6.07, 6.45) is 7.39. The summed E-state index contributed by atoms with van der Waals surface area (Å²) >= 11 is 0. The maximum atomic E-state index is 12.9. The number of benzene rings is 1. The topological polar surface area (TPSA) is 72.5 Å². The van der Waals surface area contributed by atoms with Gasteiger partial charge in [0.1, 0.15) is 0 Å². The normalized spacial score (nSPS) is 27.7. The number of carbonyl (C=O) groups is 1. The summed E-state index contributed by atoms with van der Waals surface area (Å²) in [6, 6.07) is 8.53. The predicted molar refractivity (Wildman–Crippen MR) is 104 cm³/mol. The summed E-state index contributed by atoms with van der Waals surface area (Å²) in [5.74, 6) is 0.960. The van der Waals surface area contributed by atoms with Crippen molar-refractivity contribution < 1.29 is 17.9 Å². The zero-order valence-electron chi connectivity index (χ0n) is 16.1. The zero-order valence-corrected chi connectivity index (χ0v) is 16.9. The van der Waals surface area contributed by atoms with Gasteiger partial charge in [-0.15, -0.1) is 0 Å². The number of methoxy groups -OCH3 is 1. The van der Waals surface area contributed by atoms with Gasteiger partial charge in [0.15, 0.2) is 0 Å². The van der Waals surface area contributed by atoms with Gasteiger partial charge in [-0.1, -0.05) is 29.8 Å². The number of esters is 1. The van der Waals surface area contributed by atoms with Gasteiger partial charge >= 0.3 is 5.97 Å². The van der Waals surface area contributed by atoms with Crippen molar-refractivity contribution in [2.24, 2.45) is 17.8 Å². The van der Waals surface area contributed by atoms with Crippen LogP contribution in [0, 0.1) is 17.8 Å². The van der Waals surface area contributed by atoms with E-state index in [1.807, 2.05) is 13.0 Å². The molecule has 3 rings (SSSR count). The smallest absolute Gasteiger partial charge is 0.305 e. The first-order valence-corrected chi connectivity index (χ1v) is 11.2. The number of fused-ring (bicyclic) bond motifs is 2. The molecule has 1 N–H and O–H groups in total. The fourth-order valence-electron chi connectivity index (χ4n) is 4.88. The van der Waals surface area contributed by atoms with E-state index in [0.717, 1.165) is 32.1 Å². The van der Waals surface area contributed by atoms with E-state index >= 15 is 0 Å². The van der Waals surface area contributed by atoms with Crippen LogP contribution in [-0.2, 0) is 19.6 Å². The number of rotatable bonds is 8. The summed E-state index contributed by atoms with van der Waals surface area (Å²) in [7, 11) is -2.12. The second kappa shape index (κ2) is 8.57. The van der Waals surface area contributed by atoms with Gasteiger partial charge in [-0.3, -0.25) is 4.79 Å². The minimum atomic E-state index is -3.53. The predicted octanol–water partition coefficient (Wildman–Crippen LogP) is 3.67. The van der Waals surface area contributed by atoms with E-state index in [1.54, 1.807) is 24.3 Å². The third-order valence-corrected chi connectivity index (χ3v) is 7.61. The second-order valence-corrected chi connectivity index (χ2v) is 9.33. The minimum absolute atomic E-state index is 0.0571. The Labute approximate surface area is 162 Å². The van der Waals surface area contributed by atoms with Crippen LogP contribution in [0.5, 0.6) is 0 Å². The van der Waals surface area contributed by atoms with E-state index in [-0.39, 0.29) is 17.9 Å². The first-order chi connectivity index (χ1) is 13.0. The molecule has 2 aliphatic carbocycles. The summed E-state index contributed by atoms with van der Waals surface area (Å²) in [4.78, 5) is 11.7. The van der Waals surface area contributed by atoms with Gasteiger partial charge in [0.05, 0.1) is 12.0 Å². The number of sulfonamides is 1. The van der Waals surface area contributed by atoms with Gasteiger partial charge in [0.2, 0.25) is 10.0 Å². The highest BCUT2D eigenvalue weighted by Crippen LogP contribution is 2.52. The lowest BCUT2D eigenvalue weighted by molar-refractivity contribution is -0.140. The molecule has 148 valence electrons. The lowest BCUT2D eigenvalue weighted by atomic mass is 9.78. The summed E-state index contributed by atoms with van der Waals surface area (Å²) in [5, 5.41) is 0. The van der Waals surface area contributed by atoms with Gasteiger partial charge in [0, 0.05) is 12.5 Å². The van der Waals surface area contributed by atoms with Gasteiger partial charge in [0.25, 0.3) is 0 Å². The van der Waals surface area contributed by atoms with Crippen LogP contribution in [0.1, 0.15) is 45.4 Å². The molecule has 2 bridgehead atoms. The number of hydrogen-bond acceptors (Lipinski definition) is 4. The monoisotopic (exact) mass is 391 g/mol. The van der Waals surface area contributed by atoms with Gasteiger partial charge in [-0.2, -0.15) is 0 Å². The van der Waals surface area contributed by atoms with Crippen LogP contribution < -0.4 is 4.72 Å². The molecule has 2 fully saturated rings. The molecule has 2 saturated carbocycles. The van der Waals surface area contributed by atoms with Crippen molar-refractivity contribution in [2.45, 2.75) is 56.4 Å². The average Bonchev–Trinajstić information content (AvgIpc) is 3.27. The first kappa shape index (κ1) is 20.1. The number of carbonyl (C=O) groups excluding carboxylic acids is 1. The Morgan fingerprint density at radius 1 is 1.19 bits per heavy atom. The molecule has 27 heavy (non-hydrogen) atoms. The quantitative estimate of drug-likeness (QED) is 0.542. The summed E-state index contributed by atoms with van der Waals surface area (Å²) in [6.45, 7) is 2.02. The molecule has 5 nitrogen and oxygen atoms in total. The molecular formula is C21H29NO4S. The average molecular weight is 392 g/mol. The Kier molecular flexibility index (Phi) is 6.37. The van der Waals surface area contributed by atoms with E-state index in [4.69, 9.17) is 4.74 Å². The largest absolute Gasteiger partial charge is 0.469 e. The molecule has 4 atom stereocenters. The molecule has 0 saturated heterocycles. The molecule has 1 aromatic rings. The molecule has 0 aliphatic heterocycles. The fraction of sp³-hybridized carbons (Fsp3) is 0.571. The third-order valence-electron chi connectivity index (χ3n) is 6.13. The van der Waals surface area contributed by atoms with E-state index < -0.39 is 10.0 Å². The molecule has 0 heterocycles. The van der Waals surface area contributed by atoms with Crippen LogP contribution in [0.4, 0.5) is 0 Å². The van der Waals surface area contributed by atoms with Gasteiger partial charge in [-0.25, -0.2) is 13.1 Å². The maximum absolute atomic E-state index is 12.9. The highest BCUT2D eigenvalue weighted by molar-refractivity contribution is 7.89. The van der Waals surface area contributed by atoms with Crippen LogP contribution in [-0.4, -0.2) is 27.5 Å². The molecule has 1 aromatic carbocycles. The maximum Gasteiger partial charge on any atom is 0.305 e. The molecule has 0 amide bonds. The Hall–Kier alpha value is -1.66. The van der Waals surface area contributed by atoms with Crippen molar-refractivity contribution in [3.63, 3.8) is 0 Å². The Bertz CT molecular complexity index is 788. The molecule has 0 spiro atoms. The highest BCUT2D eigenvalue weighted by atomic mass is 32.2. The van der Waals surface area contributed by atoms with E-state index in [1.165, 1.54) is 12.7 Å². The number of hydrogen-bond donors (Lipinski definition) is 1. The third kappa shape index (κ3) is 4.43. The van der Waals surface area contributed by atoms with E-state index in [2.05, 4.69) is 10.8 Å². The van der Waals surface area contributed by atoms with Crippen LogP contribution in [0.3, 0.4) is 0 Å². The van der Waals surface area contributed by atoms with Crippen molar-refractivity contribution in [3.8, 4) is 0 Å². The van der Waals surface area contributed by atoms with Crippen molar-refractivity contribution in [2.75, 3.05) is 7.11 Å². The zero-order chi connectivity index (χ0) is 19.4. The standard InChI is InChI=1S/C21H29NO4S/c1-3-15(8-7-11-19(23)26-2)20-16-12-13-17(14-16)21(20)22-27(24,25)18-9-5-4-6-10-18/h3-6,9-10,16-17,20-22H,7-8,11-14H2,1-2H3/b15-3-/t16-,17+,20?,21?/m0/s1. The van der Waals surface area contributed by atoms with Crippen molar-refractivity contribution in [1.29, 1.82) is 0 Å². The van der Waals surface area contributed by atoms with Gasteiger partial charge in [-0.05, 0) is 68.9 Å². The lowest BCUT2D eigenvalue weighted by Crippen LogP contribution is -2.44. The molecule has 2 aliphatic rings. The Balaban J connectivity index is 1.74. The van der Waals surface area contributed by atoms with Crippen LogP contribution in [0.15, 0.2) is 46.9 Å². The van der Waals surface area contributed by atoms with Gasteiger partial charge < -0.3 is 4.74 Å². The first-order valence-electron chi connectivity index (χ1n) is 9.75. The molecule has 6 heteroatoms. The molecule has 2 unspecified atom stereocenters. The van der Waals surface area contributed by atoms with Crippen molar-refractivity contribution in [1.82, 2.24) is 4.72 Å². The molecule has 0 radical (unpaired) electrons. The highest BCUT2D eigenvalue weighted by Gasteiger charge is 2.49. The second-order valence-electron chi connectivity index (χ2n) is 7.61. The van der Waals surface area contributed by atoms with E-state index in [0.29, 0.717) is 23.2 Å². The van der Waals surface area contributed by atoms with Crippen molar-refractivity contribution >= 4 is 16.0 Å². The SMILES string of the molecule is C/C=C(/CCCC(=O)OC)C1C(NS(=O)(=O)c2ccccc2)[C@@H]2CC[C@H]1C2. The van der Waals surface area contributed by atoms with E-state index in [9.17, 15) is 13.2 Å². The number of ether oxygens (including phenoxy) is 1. The lowest BCUT2D eigenvalue weighted by Gasteiger charge is -2.33. The summed E-state index contributed by atoms with van der Waals surface area (Å²) < 4.78 is 33.5. The summed E-state index contributed by atoms with van der Waals surface area (Å²) in [5.41, 5.74) is 1.27. The van der Waals surface area contributed by atoms with Crippen LogP contribution in [0.25, 0.3) is 0 Å². The van der Waals surface area contributed by atoms with Crippen LogP contribution >= 0.6 is 0 Å². The minimum Gasteiger partial charge on any atom is -0.469 e. The number of nitrogens with one attached hydrogen (secondary N) is 1. The van der Waals surface area contributed by atoms with Crippen LogP contribution in [0.2, 0.25) is 0 Å². The molecular weight excluding hydrogens is 362 g/mol. The Morgan fingerprint density at radius 3 is 2.56 bits per heavy atom. The number of allylic oxidation sites excluding steroid dienone is 1.